The molecule has 0 spiro atoms. The topological polar surface area (TPSA) is 60.9 Å². The Labute approximate surface area is 187 Å². The maximum absolute atomic E-state index is 12.9. The Hall–Kier alpha value is -2.34. The molecule has 2 aromatic heterocycles. The van der Waals surface area contributed by atoms with Gasteiger partial charge in [0.15, 0.2) is 16.7 Å². The predicted octanol–water partition coefficient (Wildman–Crippen LogP) is 6.13. The number of thioether (sulfide) groups is 1. The molecule has 2 heterocycles. The summed E-state index contributed by atoms with van der Waals surface area (Å²) in [5, 5.41) is 9.78. The highest BCUT2D eigenvalue weighted by atomic mass is 32.2. The van der Waals surface area contributed by atoms with Crippen molar-refractivity contribution in [2.24, 2.45) is 17.8 Å². The molecule has 2 fully saturated rings. The van der Waals surface area contributed by atoms with Gasteiger partial charge in [-0.1, -0.05) is 41.9 Å². The van der Waals surface area contributed by atoms with Crippen molar-refractivity contribution in [3.05, 3.63) is 53.3 Å². The molecule has 2 saturated carbocycles. The average Bonchev–Trinajstić information content (AvgIpc) is 3.55. The van der Waals surface area contributed by atoms with Gasteiger partial charge in [-0.2, -0.15) is 0 Å². The Morgan fingerprint density at radius 1 is 1.23 bits per heavy atom. The van der Waals surface area contributed by atoms with Crippen molar-refractivity contribution in [1.82, 2.24) is 14.8 Å². The number of aryl methyl sites for hydroxylation is 2. The summed E-state index contributed by atoms with van der Waals surface area (Å²) in [5.74, 6) is 4.28. The second kappa shape index (κ2) is 8.30. The fourth-order valence-electron chi connectivity index (χ4n) is 5.73. The molecule has 2 bridgehead atoms. The third-order valence-electron chi connectivity index (χ3n) is 7.24. The molecule has 1 aromatic carbocycles. The van der Waals surface area contributed by atoms with Crippen LogP contribution in [0.2, 0.25) is 0 Å². The molecule has 31 heavy (non-hydrogen) atoms. The third-order valence-corrected chi connectivity index (χ3v) is 8.18. The Kier molecular flexibility index (Phi) is 5.51. The van der Waals surface area contributed by atoms with E-state index < -0.39 is 0 Å². The smallest absolute Gasteiger partial charge is 0.200 e. The zero-order valence-electron chi connectivity index (χ0n) is 18.4. The Bertz CT molecular complexity index is 1090. The van der Waals surface area contributed by atoms with E-state index in [1.54, 1.807) is 6.26 Å². The largest absolute Gasteiger partial charge is 0.461 e. The molecule has 0 aliphatic heterocycles. The van der Waals surface area contributed by atoms with Crippen molar-refractivity contribution in [2.45, 2.75) is 57.7 Å². The van der Waals surface area contributed by atoms with Gasteiger partial charge in [0.25, 0.3) is 0 Å². The number of aromatic nitrogens is 3. The fourth-order valence-corrected chi connectivity index (χ4v) is 6.63. The molecule has 0 saturated heterocycles. The van der Waals surface area contributed by atoms with Gasteiger partial charge in [0, 0.05) is 11.6 Å². The van der Waals surface area contributed by atoms with E-state index in [4.69, 9.17) is 4.42 Å². The number of benzene rings is 1. The summed E-state index contributed by atoms with van der Waals surface area (Å²) in [5.41, 5.74) is 2.99. The SMILES string of the molecule is Cc1ccc(C(=O)CSc2nnc(-c3ccco3)n2C(C)C2CC3CCC2C3)c(C)c1. The van der Waals surface area contributed by atoms with E-state index in [1.165, 1.54) is 43.0 Å². The number of fused-ring (bicyclic) bond motifs is 2. The molecule has 2 aliphatic rings. The normalized spacial score (nSPS) is 23.4. The quantitative estimate of drug-likeness (QED) is 0.330. The second-order valence-corrected chi connectivity index (χ2v) is 10.2. The molecule has 0 N–H and O–H groups in total. The molecule has 0 radical (unpaired) electrons. The van der Waals surface area contributed by atoms with Crippen LogP contribution in [-0.4, -0.2) is 26.3 Å². The van der Waals surface area contributed by atoms with Gasteiger partial charge in [0.2, 0.25) is 5.82 Å². The zero-order chi connectivity index (χ0) is 21.5. The third kappa shape index (κ3) is 3.86. The highest BCUT2D eigenvalue weighted by Gasteiger charge is 2.43. The van der Waals surface area contributed by atoms with E-state index in [0.29, 0.717) is 11.7 Å². The lowest BCUT2D eigenvalue weighted by Crippen LogP contribution is -2.23. The molecule has 5 nitrogen and oxygen atoms in total. The second-order valence-electron chi connectivity index (χ2n) is 9.26. The van der Waals surface area contributed by atoms with Gasteiger partial charge in [-0.05, 0) is 75.5 Å². The first-order chi connectivity index (χ1) is 15.0. The van der Waals surface area contributed by atoms with Gasteiger partial charge in [-0.3, -0.25) is 9.36 Å². The van der Waals surface area contributed by atoms with Gasteiger partial charge in [-0.15, -0.1) is 10.2 Å². The molecule has 2 aliphatic carbocycles. The van der Waals surface area contributed by atoms with Gasteiger partial charge in [-0.25, -0.2) is 0 Å². The van der Waals surface area contributed by atoms with Crippen molar-refractivity contribution >= 4 is 17.5 Å². The molecular weight excluding hydrogens is 406 g/mol. The number of hydrogen-bond donors (Lipinski definition) is 0. The first-order valence-electron chi connectivity index (χ1n) is 11.2. The lowest BCUT2D eigenvalue weighted by Gasteiger charge is -2.30. The first kappa shape index (κ1) is 20.6. The van der Waals surface area contributed by atoms with E-state index in [0.717, 1.165) is 39.7 Å². The van der Waals surface area contributed by atoms with Crippen molar-refractivity contribution in [3.8, 4) is 11.6 Å². The van der Waals surface area contributed by atoms with Crippen LogP contribution in [0.1, 0.15) is 60.1 Å². The number of furan rings is 1. The zero-order valence-corrected chi connectivity index (χ0v) is 19.2. The molecular formula is C25H29N3O2S. The van der Waals surface area contributed by atoms with Crippen molar-refractivity contribution < 1.29 is 9.21 Å². The molecule has 3 aromatic rings. The molecule has 4 unspecified atom stereocenters. The summed E-state index contributed by atoms with van der Waals surface area (Å²) in [6.07, 6.45) is 7.04. The van der Waals surface area contributed by atoms with Crippen LogP contribution in [0.25, 0.3) is 11.6 Å². The fraction of sp³-hybridized carbons (Fsp3) is 0.480. The van der Waals surface area contributed by atoms with Crippen molar-refractivity contribution in [3.63, 3.8) is 0 Å². The highest BCUT2D eigenvalue weighted by Crippen LogP contribution is 2.53. The van der Waals surface area contributed by atoms with Crippen molar-refractivity contribution in [1.29, 1.82) is 0 Å². The lowest BCUT2D eigenvalue weighted by molar-refractivity contribution is 0.102. The van der Waals surface area contributed by atoms with Crippen LogP contribution in [0.15, 0.2) is 46.2 Å². The number of carbonyl (C=O) groups excluding carboxylic acids is 1. The Morgan fingerprint density at radius 3 is 2.77 bits per heavy atom. The summed E-state index contributed by atoms with van der Waals surface area (Å²) in [7, 11) is 0. The summed E-state index contributed by atoms with van der Waals surface area (Å²) >= 11 is 1.49. The van der Waals surface area contributed by atoms with Gasteiger partial charge < -0.3 is 4.42 Å². The summed E-state index contributed by atoms with van der Waals surface area (Å²) in [6, 6.07) is 10.1. The van der Waals surface area contributed by atoms with E-state index in [1.807, 2.05) is 38.1 Å². The summed E-state index contributed by atoms with van der Waals surface area (Å²) in [6.45, 7) is 6.34. The molecule has 0 amide bonds. The number of rotatable bonds is 7. The minimum Gasteiger partial charge on any atom is -0.461 e. The molecule has 4 atom stereocenters. The maximum Gasteiger partial charge on any atom is 0.200 e. The Morgan fingerprint density at radius 2 is 2.10 bits per heavy atom. The summed E-state index contributed by atoms with van der Waals surface area (Å²) in [4.78, 5) is 12.9. The van der Waals surface area contributed by atoms with Crippen LogP contribution >= 0.6 is 11.8 Å². The van der Waals surface area contributed by atoms with Gasteiger partial charge in [0.1, 0.15) is 0 Å². The number of Topliss-reactive ketones (excluding diaryl/α,β-unsaturated/α-hetero) is 1. The Balaban J connectivity index is 1.41. The molecule has 162 valence electrons. The van der Waals surface area contributed by atoms with Crippen LogP contribution in [0.4, 0.5) is 0 Å². The number of nitrogens with zero attached hydrogens (tertiary/aromatic N) is 3. The van der Waals surface area contributed by atoms with E-state index in [2.05, 4.69) is 27.8 Å². The van der Waals surface area contributed by atoms with Crippen molar-refractivity contribution in [2.75, 3.05) is 5.75 Å². The molecule has 5 rings (SSSR count). The van der Waals surface area contributed by atoms with Crippen LogP contribution < -0.4 is 0 Å². The predicted molar refractivity (Wildman–Crippen MR) is 122 cm³/mol. The summed E-state index contributed by atoms with van der Waals surface area (Å²) < 4.78 is 7.90. The standard InChI is InChI=1S/C25H29N3O2S/c1-15-6-9-20(16(2)11-15)22(29)14-31-25-27-26-24(23-5-4-10-30-23)28(25)17(3)21-13-18-7-8-19(21)12-18/h4-6,9-11,17-19,21H,7-8,12-14H2,1-3H3. The van der Waals surface area contributed by atoms with E-state index in [9.17, 15) is 4.79 Å². The van der Waals surface area contributed by atoms with Gasteiger partial charge in [0.05, 0.1) is 12.0 Å². The maximum atomic E-state index is 12.9. The average molecular weight is 436 g/mol. The number of carbonyl (C=O) groups is 1. The van der Waals surface area contributed by atoms with Crippen LogP contribution in [0.3, 0.4) is 0 Å². The minimum atomic E-state index is 0.129. The minimum absolute atomic E-state index is 0.129. The lowest BCUT2D eigenvalue weighted by atomic mass is 9.84. The van der Waals surface area contributed by atoms with Crippen LogP contribution in [0.5, 0.6) is 0 Å². The van der Waals surface area contributed by atoms with Gasteiger partial charge >= 0.3 is 0 Å². The van der Waals surface area contributed by atoms with E-state index >= 15 is 0 Å². The van der Waals surface area contributed by atoms with Crippen LogP contribution in [0, 0.1) is 31.6 Å². The molecule has 6 heteroatoms. The number of hydrogen-bond acceptors (Lipinski definition) is 5. The highest BCUT2D eigenvalue weighted by molar-refractivity contribution is 7.99. The van der Waals surface area contributed by atoms with E-state index in [-0.39, 0.29) is 11.8 Å². The first-order valence-corrected chi connectivity index (χ1v) is 12.2. The van der Waals surface area contributed by atoms with Crippen LogP contribution in [-0.2, 0) is 0 Å². The number of ketones is 1. The monoisotopic (exact) mass is 435 g/mol.